The van der Waals surface area contributed by atoms with E-state index in [4.69, 9.17) is 5.73 Å². The normalized spacial score (nSPS) is 13.1. The molecule has 0 atom stereocenters. The molecule has 0 aromatic carbocycles. The summed E-state index contributed by atoms with van der Waals surface area (Å²) in [5.41, 5.74) is 11.8. The second-order valence-corrected chi connectivity index (χ2v) is 3.51. The van der Waals surface area contributed by atoms with Crippen molar-refractivity contribution in [1.29, 1.82) is 0 Å². The largest absolute Gasteiger partial charge is 0.398 e. The Kier molecular flexibility index (Phi) is 3.50. The summed E-state index contributed by atoms with van der Waals surface area (Å²) in [6.07, 6.45) is 3.45. The third kappa shape index (κ3) is 1.74. The van der Waals surface area contributed by atoms with Gasteiger partial charge in [0.2, 0.25) is 0 Å². The van der Waals surface area contributed by atoms with Gasteiger partial charge < -0.3 is 5.73 Å². The SMILES string of the molecule is CC.Cc1nc2c(c(N)c1C)CCC2. The van der Waals surface area contributed by atoms with E-state index < -0.39 is 0 Å². The quantitative estimate of drug-likeness (QED) is 0.686. The van der Waals surface area contributed by atoms with Gasteiger partial charge in [-0.3, -0.25) is 4.98 Å². The number of aromatic nitrogens is 1. The lowest BCUT2D eigenvalue weighted by Gasteiger charge is -2.09. The van der Waals surface area contributed by atoms with Crippen molar-refractivity contribution in [3.63, 3.8) is 0 Å². The van der Waals surface area contributed by atoms with Gasteiger partial charge in [-0.2, -0.15) is 0 Å². The van der Waals surface area contributed by atoms with E-state index in [1.54, 1.807) is 0 Å². The maximum Gasteiger partial charge on any atom is 0.0459 e. The molecule has 2 rings (SSSR count). The molecule has 0 aliphatic heterocycles. The molecule has 0 radical (unpaired) electrons. The second kappa shape index (κ2) is 4.45. The minimum Gasteiger partial charge on any atom is -0.398 e. The van der Waals surface area contributed by atoms with Gasteiger partial charge in [0.1, 0.15) is 0 Å². The molecule has 0 unspecified atom stereocenters. The average molecular weight is 192 g/mol. The van der Waals surface area contributed by atoms with Crippen LogP contribution in [0.4, 0.5) is 5.69 Å². The Bertz CT molecular complexity index is 330. The van der Waals surface area contributed by atoms with Gasteiger partial charge in [-0.05, 0) is 44.2 Å². The first-order valence-electron chi connectivity index (χ1n) is 5.44. The Morgan fingerprint density at radius 1 is 1.14 bits per heavy atom. The van der Waals surface area contributed by atoms with E-state index in [2.05, 4.69) is 11.9 Å². The van der Waals surface area contributed by atoms with Crippen LogP contribution < -0.4 is 5.73 Å². The van der Waals surface area contributed by atoms with Crippen LogP contribution in [-0.2, 0) is 12.8 Å². The highest BCUT2D eigenvalue weighted by atomic mass is 14.8. The van der Waals surface area contributed by atoms with E-state index in [0.717, 1.165) is 29.8 Å². The van der Waals surface area contributed by atoms with Crippen LogP contribution in [0.3, 0.4) is 0 Å². The van der Waals surface area contributed by atoms with Crippen molar-refractivity contribution in [2.45, 2.75) is 47.0 Å². The fourth-order valence-corrected chi connectivity index (χ4v) is 1.85. The number of hydrogen-bond acceptors (Lipinski definition) is 2. The zero-order valence-corrected chi connectivity index (χ0v) is 9.65. The molecule has 2 heteroatoms. The second-order valence-electron chi connectivity index (χ2n) is 3.51. The highest BCUT2D eigenvalue weighted by Crippen LogP contribution is 2.29. The molecule has 1 aliphatic carbocycles. The topological polar surface area (TPSA) is 38.9 Å². The minimum absolute atomic E-state index is 0.981. The highest BCUT2D eigenvalue weighted by molar-refractivity contribution is 5.57. The molecule has 2 N–H and O–H groups in total. The van der Waals surface area contributed by atoms with E-state index in [-0.39, 0.29) is 0 Å². The van der Waals surface area contributed by atoms with Crippen molar-refractivity contribution < 1.29 is 0 Å². The lowest BCUT2D eigenvalue weighted by molar-refractivity contribution is 0.896. The smallest absolute Gasteiger partial charge is 0.0459 e. The zero-order chi connectivity index (χ0) is 10.7. The van der Waals surface area contributed by atoms with E-state index in [1.807, 2.05) is 20.8 Å². The number of nitrogens with two attached hydrogens (primary N) is 1. The molecule has 0 saturated carbocycles. The Hall–Kier alpha value is -1.05. The first kappa shape index (κ1) is 11.0. The molecule has 0 amide bonds. The number of hydrogen-bond donors (Lipinski definition) is 1. The van der Waals surface area contributed by atoms with Crippen LogP contribution in [0.5, 0.6) is 0 Å². The zero-order valence-electron chi connectivity index (χ0n) is 9.65. The number of aryl methyl sites for hydroxylation is 2. The van der Waals surface area contributed by atoms with E-state index in [9.17, 15) is 0 Å². The van der Waals surface area contributed by atoms with Crippen LogP contribution in [0.2, 0.25) is 0 Å². The number of pyridine rings is 1. The molecule has 1 aromatic rings. The van der Waals surface area contributed by atoms with Gasteiger partial charge in [0, 0.05) is 17.1 Å². The Morgan fingerprint density at radius 2 is 1.79 bits per heavy atom. The van der Waals surface area contributed by atoms with E-state index in [0.29, 0.717) is 0 Å². The number of fused-ring (bicyclic) bond motifs is 1. The van der Waals surface area contributed by atoms with Crippen LogP contribution in [0.1, 0.15) is 42.8 Å². The minimum atomic E-state index is 0.981. The summed E-state index contributed by atoms with van der Waals surface area (Å²) in [5.74, 6) is 0. The summed E-state index contributed by atoms with van der Waals surface area (Å²) in [4.78, 5) is 4.53. The summed E-state index contributed by atoms with van der Waals surface area (Å²) >= 11 is 0. The van der Waals surface area contributed by atoms with Crippen molar-refractivity contribution in [1.82, 2.24) is 4.98 Å². The summed E-state index contributed by atoms with van der Waals surface area (Å²) < 4.78 is 0. The summed E-state index contributed by atoms with van der Waals surface area (Å²) in [6, 6.07) is 0. The molecule has 2 nitrogen and oxygen atoms in total. The first-order valence-corrected chi connectivity index (χ1v) is 5.44. The van der Waals surface area contributed by atoms with Crippen LogP contribution in [0.25, 0.3) is 0 Å². The predicted molar refractivity (Wildman–Crippen MR) is 61.5 cm³/mol. The van der Waals surface area contributed by atoms with Gasteiger partial charge in [-0.1, -0.05) is 13.8 Å². The van der Waals surface area contributed by atoms with Gasteiger partial charge in [0.15, 0.2) is 0 Å². The molecule has 1 aromatic heterocycles. The molecule has 1 heterocycles. The van der Waals surface area contributed by atoms with Gasteiger partial charge >= 0.3 is 0 Å². The number of nitrogen functional groups attached to an aromatic ring is 1. The first-order chi connectivity index (χ1) is 6.70. The lowest BCUT2D eigenvalue weighted by atomic mass is 10.1. The van der Waals surface area contributed by atoms with Crippen LogP contribution in [0.15, 0.2) is 0 Å². The monoisotopic (exact) mass is 192 g/mol. The van der Waals surface area contributed by atoms with Crippen LogP contribution >= 0.6 is 0 Å². The predicted octanol–water partition coefficient (Wildman–Crippen LogP) is 2.80. The number of nitrogens with zero attached hydrogens (tertiary/aromatic N) is 1. The molecular formula is C12H20N2. The molecule has 78 valence electrons. The van der Waals surface area contributed by atoms with Gasteiger partial charge in [0.25, 0.3) is 0 Å². The number of rotatable bonds is 0. The Morgan fingerprint density at radius 3 is 2.43 bits per heavy atom. The lowest BCUT2D eigenvalue weighted by Crippen LogP contribution is -2.02. The maximum absolute atomic E-state index is 5.99. The molecular weight excluding hydrogens is 172 g/mol. The van der Waals surface area contributed by atoms with Crippen molar-refractivity contribution in [2.75, 3.05) is 5.73 Å². The summed E-state index contributed by atoms with van der Waals surface area (Å²) in [7, 11) is 0. The van der Waals surface area contributed by atoms with Crippen LogP contribution in [0, 0.1) is 13.8 Å². The van der Waals surface area contributed by atoms with E-state index in [1.165, 1.54) is 17.7 Å². The summed E-state index contributed by atoms with van der Waals surface area (Å²) in [5, 5.41) is 0. The number of anilines is 1. The van der Waals surface area contributed by atoms with Crippen molar-refractivity contribution in [3.05, 3.63) is 22.5 Å². The third-order valence-corrected chi connectivity index (χ3v) is 2.76. The summed E-state index contributed by atoms with van der Waals surface area (Å²) in [6.45, 7) is 8.08. The van der Waals surface area contributed by atoms with E-state index >= 15 is 0 Å². The fourth-order valence-electron chi connectivity index (χ4n) is 1.85. The van der Waals surface area contributed by atoms with Gasteiger partial charge in [0.05, 0.1) is 0 Å². The van der Waals surface area contributed by atoms with Crippen LogP contribution in [-0.4, -0.2) is 4.98 Å². The van der Waals surface area contributed by atoms with Crippen molar-refractivity contribution in [3.8, 4) is 0 Å². The van der Waals surface area contributed by atoms with Gasteiger partial charge in [-0.15, -0.1) is 0 Å². The Labute approximate surface area is 86.5 Å². The average Bonchev–Trinajstić information content (AvgIpc) is 2.65. The van der Waals surface area contributed by atoms with Crippen molar-refractivity contribution in [2.24, 2.45) is 0 Å². The molecule has 0 bridgehead atoms. The third-order valence-electron chi connectivity index (χ3n) is 2.76. The van der Waals surface area contributed by atoms with Gasteiger partial charge in [-0.25, -0.2) is 0 Å². The fraction of sp³-hybridized carbons (Fsp3) is 0.583. The van der Waals surface area contributed by atoms with Crippen molar-refractivity contribution >= 4 is 5.69 Å². The molecule has 1 aliphatic rings. The molecule has 0 saturated heterocycles. The maximum atomic E-state index is 5.99. The standard InChI is InChI=1S/C10H14N2.C2H6/c1-6-7(2)12-9-5-3-4-8(9)10(6)11;1-2/h3-5H2,1-2H3,(H2,11,12);1-2H3. The molecule has 0 fully saturated rings. The Balaban J connectivity index is 0.000000461. The molecule has 14 heavy (non-hydrogen) atoms. The highest BCUT2D eigenvalue weighted by Gasteiger charge is 2.17. The molecule has 0 spiro atoms.